The van der Waals surface area contributed by atoms with Gasteiger partial charge in [0, 0.05) is 17.5 Å². The van der Waals surface area contributed by atoms with E-state index in [9.17, 15) is 9.50 Å². The molecule has 100 valence electrons. The van der Waals surface area contributed by atoms with E-state index in [-0.39, 0.29) is 0 Å². The van der Waals surface area contributed by atoms with E-state index in [1.54, 1.807) is 18.3 Å². The van der Waals surface area contributed by atoms with Gasteiger partial charge in [-0.2, -0.15) is 0 Å². The minimum absolute atomic E-state index is 0.619. The Kier molecular flexibility index (Phi) is 4.24. The second-order valence-electron chi connectivity index (χ2n) is 4.57. The van der Waals surface area contributed by atoms with Gasteiger partial charge in [-0.15, -0.1) is 0 Å². The number of alkyl halides is 1. The third-order valence-electron chi connectivity index (χ3n) is 3.08. The van der Waals surface area contributed by atoms with Crippen LogP contribution in [0.4, 0.5) is 4.39 Å². The van der Waals surface area contributed by atoms with Gasteiger partial charge < -0.3 is 10.8 Å². The first-order chi connectivity index (χ1) is 9.11. The first-order valence-electron chi connectivity index (χ1n) is 6.14. The Balaban J connectivity index is 2.21. The number of halogens is 1. The molecule has 2 atom stereocenters. The van der Waals surface area contributed by atoms with Crippen LogP contribution in [-0.4, -0.2) is 22.8 Å². The fourth-order valence-corrected chi connectivity index (χ4v) is 1.84. The van der Waals surface area contributed by atoms with Crippen molar-refractivity contribution in [2.75, 3.05) is 6.67 Å². The predicted octanol–water partition coefficient (Wildman–Crippen LogP) is 2.39. The monoisotopic (exact) mass is 260 g/mol. The number of hydrogen-bond acceptors (Lipinski definition) is 3. The van der Waals surface area contributed by atoms with E-state index in [1.165, 1.54) is 0 Å². The van der Waals surface area contributed by atoms with Gasteiger partial charge in [-0.3, -0.25) is 4.98 Å². The number of aromatic nitrogens is 1. The summed E-state index contributed by atoms with van der Waals surface area (Å²) in [6.07, 6.45) is 0.823. The Hall–Kier alpha value is -1.78. The number of aliphatic hydroxyl groups excluding tert-OH is 1. The van der Waals surface area contributed by atoms with E-state index < -0.39 is 18.8 Å². The molecule has 1 heterocycles. The molecular weight excluding hydrogens is 243 g/mol. The topological polar surface area (TPSA) is 59.1 Å². The molecule has 0 amide bonds. The molecule has 4 heteroatoms. The highest BCUT2D eigenvalue weighted by Gasteiger charge is 2.16. The third kappa shape index (κ3) is 3.16. The third-order valence-corrected chi connectivity index (χ3v) is 3.08. The van der Waals surface area contributed by atoms with Gasteiger partial charge in [0.05, 0.1) is 12.1 Å². The molecule has 0 saturated carbocycles. The maximum absolute atomic E-state index is 12.4. The number of aryl methyl sites for hydroxylation is 1. The molecule has 0 aliphatic heterocycles. The average Bonchev–Trinajstić information content (AvgIpc) is 2.46. The highest BCUT2D eigenvalue weighted by molar-refractivity contribution is 5.62. The van der Waals surface area contributed by atoms with E-state index >= 15 is 0 Å². The van der Waals surface area contributed by atoms with Crippen LogP contribution in [0, 0.1) is 6.92 Å². The number of nitrogens with two attached hydrogens (primary N) is 1. The molecule has 1 aromatic heterocycles. The molecule has 0 radical (unpaired) electrons. The Morgan fingerprint density at radius 2 is 1.79 bits per heavy atom. The minimum Gasteiger partial charge on any atom is -0.387 e. The van der Waals surface area contributed by atoms with E-state index in [2.05, 4.69) is 4.98 Å². The number of pyridine rings is 1. The molecule has 0 saturated heterocycles. The summed E-state index contributed by atoms with van der Waals surface area (Å²) in [5.74, 6) is 0. The molecule has 0 fully saturated rings. The van der Waals surface area contributed by atoms with E-state index in [0.29, 0.717) is 5.56 Å². The molecule has 0 bridgehead atoms. The molecule has 2 rings (SSSR count). The highest BCUT2D eigenvalue weighted by atomic mass is 19.1. The van der Waals surface area contributed by atoms with Gasteiger partial charge in [0.15, 0.2) is 0 Å². The summed E-state index contributed by atoms with van der Waals surface area (Å²) in [5.41, 5.74) is 9.06. The van der Waals surface area contributed by atoms with Crippen LogP contribution in [0.1, 0.15) is 17.4 Å². The van der Waals surface area contributed by atoms with Crippen LogP contribution in [0.25, 0.3) is 11.1 Å². The molecule has 2 aromatic rings. The van der Waals surface area contributed by atoms with Crippen LogP contribution in [0.3, 0.4) is 0 Å². The Bertz CT molecular complexity index is 525. The number of aliphatic hydroxyl groups is 1. The quantitative estimate of drug-likeness (QED) is 0.887. The zero-order valence-corrected chi connectivity index (χ0v) is 10.8. The number of nitrogens with zero attached hydrogens (tertiary/aromatic N) is 1. The minimum atomic E-state index is -0.977. The van der Waals surface area contributed by atoms with Gasteiger partial charge in [-0.05, 0) is 24.1 Å². The van der Waals surface area contributed by atoms with Crippen molar-refractivity contribution >= 4 is 0 Å². The van der Waals surface area contributed by atoms with Crippen molar-refractivity contribution in [1.29, 1.82) is 0 Å². The van der Waals surface area contributed by atoms with E-state index in [0.717, 1.165) is 16.8 Å². The summed E-state index contributed by atoms with van der Waals surface area (Å²) in [7, 11) is 0. The van der Waals surface area contributed by atoms with Gasteiger partial charge in [-0.1, -0.05) is 30.3 Å². The van der Waals surface area contributed by atoms with Crippen LogP contribution >= 0.6 is 0 Å². The van der Waals surface area contributed by atoms with Gasteiger partial charge >= 0.3 is 0 Å². The SMILES string of the molecule is Cc1ccc(-c2ccc(C(O)[C@H](N)CF)cc2)cn1. The predicted molar refractivity (Wildman–Crippen MR) is 73.3 cm³/mol. The van der Waals surface area contributed by atoms with Crippen LogP contribution in [0.15, 0.2) is 42.6 Å². The first kappa shape index (κ1) is 13.6. The van der Waals surface area contributed by atoms with Crippen molar-refractivity contribution in [2.24, 2.45) is 5.73 Å². The van der Waals surface area contributed by atoms with E-state index in [4.69, 9.17) is 5.73 Å². The molecule has 0 aliphatic rings. The Morgan fingerprint density at radius 3 is 2.32 bits per heavy atom. The van der Waals surface area contributed by atoms with Crippen LogP contribution in [0.2, 0.25) is 0 Å². The first-order valence-corrected chi connectivity index (χ1v) is 6.14. The van der Waals surface area contributed by atoms with Gasteiger partial charge in [-0.25, -0.2) is 4.39 Å². The smallest absolute Gasteiger partial charge is 0.107 e. The summed E-state index contributed by atoms with van der Waals surface area (Å²) in [6, 6.07) is 10.3. The molecule has 0 aliphatic carbocycles. The largest absolute Gasteiger partial charge is 0.387 e. The number of hydrogen-bond donors (Lipinski definition) is 2. The zero-order chi connectivity index (χ0) is 13.8. The summed E-state index contributed by atoms with van der Waals surface area (Å²) in [5, 5.41) is 9.81. The van der Waals surface area contributed by atoms with Crippen molar-refractivity contribution in [1.82, 2.24) is 4.98 Å². The lowest BCUT2D eigenvalue weighted by molar-refractivity contribution is 0.132. The summed E-state index contributed by atoms with van der Waals surface area (Å²) in [4.78, 5) is 4.24. The fraction of sp³-hybridized carbons (Fsp3) is 0.267. The molecule has 0 spiro atoms. The summed E-state index contributed by atoms with van der Waals surface area (Å²) >= 11 is 0. The van der Waals surface area contributed by atoms with Gasteiger partial charge in [0.25, 0.3) is 0 Å². The van der Waals surface area contributed by atoms with Crippen molar-refractivity contribution < 1.29 is 9.50 Å². The molecule has 3 N–H and O–H groups in total. The van der Waals surface area contributed by atoms with Crippen molar-refractivity contribution in [3.8, 4) is 11.1 Å². The van der Waals surface area contributed by atoms with Crippen molar-refractivity contribution in [3.63, 3.8) is 0 Å². The molecule has 1 aromatic carbocycles. The van der Waals surface area contributed by atoms with E-state index in [1.807, 2.05) is 31.2 Å². The Morgan fingerprint density at radius 1 is 1.16 bits per heavy atom. The van der Waals surface area contributed by atoms with Crippen molar-refractivity contribution in [3.05, 3.63) is 53.9 Å². The molecule has 3 nitrogen and oxygen atoms in total. The molecule has 19 heavy (non-hydrogen) atoms. The van der Waals surface area contributed by atoms with Gasteiger partial charge in [0.1, 0.15) is 6.67 Å². The second-order valence-corrected chi connectivity index (χ2v) is 4.57. The lowest BCUT2D eigenvalue weighted by atomic mass is 10.00. The molecule has 1 unspecified atom stereocenters. The van der Waals surface area contributed by atoms with Crippen LogP contribution in [0.5, 0.6) is 0 Å². The zero-order valence-electron chi connectivity index (χ0n) is 10.8. The Labute approximate surface area is 111 Å². The molecular formula is C15H17FN2O. The van der Waals surface area contributed by atoms with Gasteiger partial charge in [0.2, 0.25) is 0 Å². The van der Waals surface area contributed by atoms with Crippen LogP contribution < -0.4 is 5.73 Å². The standard InChI is InChI=1S/C15H17FN2O/c1-10-2-3-13(9-18-10)11-4-6-12(7-5-11)15(19)14(17)8-16/h2-7,9,14-15,19H,8,17H2,1H3/t14-,15?/m1/s1. The number of rotatable bonds is 4. The fourth-order valence-electron chi connectivity index (χ4n) is 1.84. The number of benzene rings is 1. The van der Waals surface area contributed by atoms with Crippen molar-refractivity contribution in [2.45, 2.75) is 19.1 Å². The second kappa shape index (κ2) is 5.91. The van der Waals surface area contributed by atoms with Crippen LogP contribution in [-0.2, 0) is 0 Å². The average molecular weight is 260 g/mol. The normalized spacial score (nSPS) is 14.1. The summed E-state index contributed by atoms with van der Waals surface area (Å²) < 4.78 is 12.4. The highest BCUT2D eigenvalue weighted by Crippen LogP contribution is 2.22. The lowest BCUT2D eigenvalue weighted by Gasteiger charge is -2.16. The maximum Gasteiger partial charge on any atom is 0.107 e. The summed E-state index contributed by atoms with van der Waals surface area (Å²) in [6.45, 7) is 1.19. The maximum atomic E-state index is 12.4. The lowest BCUT2D eigenvalue weighted by Crippen LogP contribution is -2.30.